The number of aromatic nitrogens is 4. The van der Waals surface area contributed by atoms with E-state index in [0.717, 1.165) is 50.4 Å². The Morgan fingerprint density at radius 2 is 2.05 bits per heavy atom. The van der Waals surface area contributed by atoms with Crippen molar-refractivity contribution in [3.8, 4) is 0 Å². The van der Waals surface area contributed by atoms with Crippen LogP contribution in [0.3, 0.4) is 0 Å². The van der Waals surface area contributed by atoms with Crippen molar-refractivity contribution in [1.29, 1.82) is 0 Å². The van der Waals surface area contributed by atoms with Gasteiger partial charge in [-0.15, -0.1) is 0 Å². The standard InChI is InChI=1S/C16H21N5O/c1-13-4-5-16(22)21(19-13)11-14-6-9-20(10-7-14)12-15-3-2-8-17-18-15/h2-5,8,14H,6-7,9-12H2,1H3. The molecule has 6 nitrogen and oxygen atoms in total. The Morgan fingerprint density at radius 1 is 1.23 bits per heavy atom. The molecule has 0 bridgehead atoms. The molecule has 0 N–H and O–H groups in total. The van der Waals surface area contributed by atoms with Crippen LogP contribution in [-0.2, 0) is 13.1 Å². The summed E-state index contributed by atoms with van der Waals surface area (Å²) in [5.74, 6) is 0.519. The molecule has 1 aliphatic heterocycles. The topological polar surface area (TPSA) is 63.9 Å². The van der Waals surface area contributed by atoms with E-state index >= 15 is 0 Å². The number of likely N-dealkylation sites (tertiary alicyclic amines) is 1. The molecule has 2 aromatic rings. The van der Waals surface area contributed by atoms with E-state index in [0.29, 0.717) is 5.92 Å². The van der Waals surface area contributed by atoms with Crippen LogP contribution in [0.25, 0.3) is 0 Å². The monoisotopic (exact) mass is 299 g/mol. The second kappa shape index (κ2) is 6.79. The van der Waals surface area contributed by atoms with Gasteiger partial charge in [0.15, 0.2) is 0 Å². The molecule has 6 heteroatoms. The fourth-order valence-corrected chi connectivity index (χ4v) is 2.90. The summed E-state index contributed by atoms with van der Waals surface area (Å²) in [6.07, 6.45) is 3.87. The minimum Gasteiger partial charge on any atom is -0.297 e. The minimum absolute atomic E-state index is 0.00686. The lowest BCUT2D eigenvalue weighted by Gasteiger charge is -2.31. The number of rotatable bonds is 4. The lowest BCUT2D eigenvalue weighted by atomic mass is 9.96. The minimum atomic E-state index is -0.00686. The van der Waals surface area contributed by atoms with Gasteiger partial charge < -0.3 is 0 Å². The third kappa shape index (κ3) is 3.76. The summed E-state index contributed by atoms with van der Waals surface area (Å²) in [7, 11) is 0. The van der Waals surface area contributed by atoms with Crippen LogP contribution < -0.4 is 5.56 Å². The summed E-state index contributed by atoms with van der Waals surface area (Å²) < 4.78 is 1.61. The van der Waals surface area contributed by atoms with Gasteiger partial charge in [0.05, 0.1) is 11.4 Å². The molecule has 116 valence electrons. The zero-order valence-corrected chi connectivity index (χ0v) is 12.9. The lowest BCUT2D eigenvalue weighted by molar-refractivity contribution is 0.161. The van der Waals surface area contributed by atoms with Crippen molar-refractivity contribution in [2.45, 2.75) is 32.9 Å². The smallest absolute Gasteiger partial charge is 0.266 e. The molecule has 1 aliphatic rings. The zero-order valence-electron chi connectivity index (χ0n) is 12.9. The molecular weight excluding hydrogens is 278 g/mol. The Bertz CT molecular complexity index is 662. The Balaban J connectivity index is 1.53. The molecule has 0 amide bonds. The quantitative estimate of drug-likeness (QED) is 0.850. The third-order valence-electron chi connectivity index (χ3n) is 4.15. The van der Waals surface area contributed by atoms with Crippen molar-refractivity contribution >= 4 is 0 Å². The second-order valence-electron chi connectivity index (χ2n) is 5.93. The molecule has 0 aromatic carbocycles. The van der Waals surface area contributed by atoms with Crippen molar-refractivity contribution in [3.63, 3.8) is 0 Å². The van der Waals surface area contributed by atoms with Crippen LogP contribution in [0.4, 0.5) is 0 Å². The Labute approximate surface area is 129 Å². The lowest BCUT2D eigenvalue weighted by Crippen LogP contribution is -2.36. The Kier molecular flexibility index (Phi) is 4.58. The van der Waals surface area contributed by atoms with Gasteiger partial charge in [0.2, 0.25) is 0 Å². The SMILES string of the molecule is Cc1ccc(=O)n(CC2CCN(Cc3cccnn3)CC2)n1. The number of nitrogens with zero attached hydrogens (tertiary/aromatic N) is 5. The predicted molar refractivity (Wildman–Crippen MR) is 83.3 cm³/mol. The molecule has 0 radical (unpaired) electrons. The van der Waals surface area contributed by atoms with Crippen LogP contribution >= 0.6 is 0 Å². The van der Waals surface area contributed by atoms with E-state index in [2.05, 4.69) is 20.2 Å². The summed E-state index contributed by atoms with van der Waals surface area (Å²) in [4.78, 5) is 14.2. The molecule has 0 spiro atoms. The van der Waals surface area contributed by atoms with E-state index in [9.17, 15) is 4.79 Å². The van der Waals surface area contributed by atoms with Crippen LogP contribution in [0.15, 0.2) is 35.3 Å². The molecule has 0 atom stereocenters. The molecular formula is C16H21N5O. The van der Waals surface area contributed by atoms with Crippen LogP contribution in [-0.4, -0.2) is 38.0 Å². The van der Waals surface area contributed by atoms with Crippen molar-refractivity contribution in [1.82, 2.24) is 24.9 Å². The van der Waals surface area contributed by atoms with Crippen LogP contribution in [0, 0.1) is 12.8 Å². The van der Waals surface area contributed by atoms with E-state index < -0.39 is 0 Å². The summed E-state index contributed by atoms with van der Waals surface area (Å²) in [6.45, 7) is 5.55. The second-order valence-corrected chi connectivity index (χ2v) is 5.93. The highest BCUT2D eigenvalue weighted by Crippen LogP contribution is 2.19. The van der Waals surface area contributed by atoms with E-state index in [1.54, 1.807) is 23.0 Å². The molecule has 1 saturated heterocycles. The van der Waals surface area contributed by atoms with Crippen LogP contribution in [0.2, 0.25) is 0 Å². The first kappa shape index (κ1) is 14.8. The molecule has 3 heterocycles. The van der Waals surface area contributed by atoms with Crippen molar-refractivity contribution in [2.24, 2.45) is 5.92 Å². The first-order chi connectivity index (χ1) is 10.7. The number of hydrogen-bond acceptors (Lipinski definition) is 5. The van der Waals surface area contributed by atoms with Gasteiger partial charge in [0.25, 0.3) is 5.56 Å². The maximum atomic E-state index is 11.8. The molecule has 0 aliphatic carbocycles. The molecule has 0 saturated carbocycles. The van der Waals surface area contributed by atoms with Gasteiger partial charge in [-0.25, -0.2) is 4.68 Å². The first-order valence-electron chi connectivity index (χ1n) is 7.74. The van der Waals surface area contributed by atoms with Crippen LogP contribution in [0.1, 0.15) is 24.2 Å². The fraction of sp³-hybridized carbons (Fsp3) is 0.500. The number of hydrogen-bond donors (Lipinski definition) is 0. The average molecular weight is 299 g/mol. The average Bonchev–Trinajstić information content (AvgIpc) is 2.54. The summed E-state index contributed by atoms with van der Waals surface area (Å²) in [5.41, 5.74) is 1.89. The van der Waals surface area contributed by atoms with Gasteiger partial charge in [-0.2, -0.15) is 15.3 Å². The summed E-state index contributed by atoms with van der Waals surface area (Å²) in [5, 5.41) is 12.4. The maximum Gasteiger partial charge on any atom is 0.266 e. The largest absolute Gasteiger partial charge is 0.297 e. The van der Waals surface area contributed by atoms with Gasteiger partial charge >= 0.3 is 0 Å². The zero-order chi connectivity index (χ0) is 15.4. The highest BCUT2D eigenvalue weighted by molar-refractivity contribution is 4.99. The summed E-state index contributed by atoms with van der Waals surface area (Å²) >= 11 is 0. The number of piperidine rings is 1. The van der Waals surface area contributed by atoms with Gasteiger partial charge in [-0.05, 0) is 57.0 Å². The third-order valence-corrected chi connectivity index (χ3v) is 4.15. The molecule has 1 fully saturated rings. The van der Waals surface area contributed by atoms with Crippen molar-refractivity contribution in [2.75, 3.05) is 13.1 Å². The highest BCUT2D eigenvalue weighted by atomic mass is 16.1. The van der Waals surface area contributed by atoms with E-state index in [1.165, 1.54) is 0 Å². The predicted octanol–water partition coefficient (Wildman–Crippen LogP) is 1.25. The van der Waals surface area contributed by atoms with Gasteiger partial charge in [-0.1, -0.05) is 0 Å². The Morgan fingerprint density at radius 3 is 2.77 bits per heavy atom. The molecule has 2 aromatic heterocycles. The van der Waals surface area contributed by atoms with Crippen molar-refractivity contribution < 1.29 is 0 Å². The van der Waals surface area contributed by atoms with Gasteiger partial charge in [0, 0.05) is 25.4 Å². The molecule has 22 heavy (non-hydrogen) atoms. The fourth-order valence-electron chi connectivity index (χ4n) is 2.90. The normalized spacial score (nSPS) is 16.8. The summed E-state index contributed by atoms with van der Waals surface area (Å²) in [6, 6.07) is 7.30. The molecule has 0 unspecified atom stereocenters. The van der Waals surface area contributed by atoms with E-state index in [-0.39, 0.29) is 5.56 Å². The van der Waals surface area contributed by atoms with Crippen molar-refractivity contribution in [3.05, 3.63) is 52.2 Å². The highest BCUT2D eigenvalue weighted by Gasteiger charge is 2.20. The maximum absolute atomic E-state index is 11.8. The van der Waals surface area contributed by atoms with Crippen LogP contribution in [0.5, 0.6) is 0 Å². The Hall–Kier alpha value is -2.08. The van der Waals surface area contributed by atoms with Gasteiger partial charge in [0.1, 0.15) is 0 Å². The first-order valence-corrected chi connectivity index (χ1v) is 7.74. The van der Waals surface area contributed by atoms with Gasteiger partial charge in [-0.3, -0.25) is 9.69 Å². The van der Waals surface area contributed by atoms with E-state index in [1.807, 2.05) is 19.1 Å². The molecule has 3 rings (SSSR count). The number of aryl methyl sites for hydroxylation is 1. The van der Waals surface area contributed by atoms with E-state index in [4.69, 9.17) is 0 Å².